The standard InChI is InChI=1S/C24H17F2NO3/c25-18-8-12-22(21(26)14-18)29-15-20-11-13-23(30-20)24(28)27-19-9-6-17(7-10-19)16-4-2-1-3-5-16/h1-14H,15H2,(H,27,28). The molecular formula is C24H17F2NO3. The summed E-state index contributed by atoms with van der Waals surface area (Å²) in [7, 11) is 0. The number of halogens is 2. The zero-order valence-corrected chi connectivity index (χ0v) is 15.8. The summed E-state index contributed by atoms with van der Waals surface area (Å²) in [5, 5.41) is 2.76. The molecule has 0 aliphatic carbocycles. The van der Waals surface area contributed by atoms with E-state index in [0.29, 0.717) is 11.4 Å². The van der Waals surface area contributed by atoms with Gasteiger partial charge in [-0.05, 0) is 47.5 Å². The SMILES string of the molecule is O=C(Nc1ccc(-c2ccccc2)cc1)c1ccc(COc2ccc(F)cc2F)o1. The third kappa shape index (κ3) is 4.55. The Kier molecular flexibility index (Phi) is 5.57. The van der Waals surface area contributed by atoms with Crippen LogP contribution in [-0.2, 0) is 6.61 Å². The molecule has 150 valence electrons. The molecule has 1 aromatic heterocycles. The van der Waals surface area contributed by atoms with Gasteiger partial charge >= 0.3 is 0 Å². The van der Waals surface area contributed by atoms with Crippen molar-refractivity contribution in [3.05, 3.63) is 108 Å². The molecular weight excluding hydrogens is 388 g/mol. The molecule has 4 aromatic rings. The third-order valence-electron chi connectivity index (χ3n) is 4.40. The van der Waals surface area contributed by atoms with Gasteiger partial charge in [0, 0.05) is 11.8 Å². The molecule has 4 rings (SSSR count). The Labute approximate surface area is 171 Å². The molecule has 1 heterocycles. The maximum absolute atomic E-state index is 13.6. The molecule has 0 atom stereocenters. The van der Waals surface area contributed by atoms with Gasteiger partial charge in [-0.2, -0.15) is 0 Å². The Morgan fingerprint density at radius 1 is 0.867 bits per heavy atom. The summed E-state index contributed by atoms with van der Waals surface area (Å²) in [5.41, 5.74) is 2.75. The number of carbonyl (C=O) groups excluding carboxylic acids is 1. The van der Waals surface area contributed by atoms with Crippen molar-refractivity contribution < 1.29 is 22.7 Å². The van der Waals surface area contributed by atoms with E-state index in [9.17, 15) is 13.6 Å². The first kappa shape index (κ1) is 19.4. The van der Waals surface area contributed by atoms with Crippen molar-refractivity contribution in [2.45, 2.75) is 6.61 Å². The van der Waals surface area contributed by atoms with Gasteiger partial charge in [-0.15, -0.1) is 0 Å². The van der Waals surface area contributed by atoms with Gasteiger partial charge in [0.15, 0.2) is 17.3 Å². The number of amides is 1. The minimum absolute atomic E-state index is 0.0956. The van der Waals surface area contributed by atoms with Crippen LogP contribution in [0.5, 0.6) is 5.75 Å². The van der Waals surface area contributed by atoms with Crippen molar-refractivity contribution in [2.75, 3.05) is 5.32 Å². The third-order valence-corrected chi connectivity index (χ3v) is 4.40. The number of benzene rings is 3. The highest BCUT2D eigenvalue weighted by Gasteiger charge is 2.13. The Hall–Kier alpha value is -3.93. The highest BCUT2D eigenvalue weighted by Crippen LogP contribution is 2.22. The lowest BCUT2D eigenvalue weighted by Gasteiger charge is -2.06. The lowest BCUT2D eigenvalue weighted by molar-refractivity contribution is 0.0992. The quantitative estimate of drug-likeness (QED) is 0.424. The molecule has 1 N–H and O–H groups in total. The number of anilines is 1. The number of hydrogen-bond donors (Lipinski definition) is 1. The van der Waals surface area contributed by atoms with Crippen LogP contribution in [0.4, 0.5) is 14.5 Å². The summed E-state index contributed by atoms with van der Waals surface area (Å²) in [6.45, 7) is -0.0956. The number of ether oxygens (including phenoxy) is 1. The fourth-order valence-corrected chi connectivity index (χ4v) is 2.89. The van der Waals surface area contributed by atoms with Crippen LogP contribution < -0.4 is 10.1 Å². The van der Waals surface area contributed by atoms with Crippen LogP contribution in [0.3, 0.4) is 0 Å². The van der Waals surface area contributed by atoms with Crippen LogP contribution in [0.2, 0.25) is 0 Å². The van der Waals surface area contributed by atoms with Crippen molar-refractivity contribution in [1.82, 2.24) is 0 Å². The Morgan fingerprint density at radius 2 is 1.60 bits per heavy atom. The van der Waals surface area contributed by atoms with E-state index in [1.807, 2.05) is 54.6 Å². The summed E-state index contributed by atoms with van der Waals surface area (Å²) < 4.78 is 37.3. The summed E-state index contributed by atoms with van der Waals surface area (Å²) in [6.07, 6.45) is 0. The second kappa shape index (κ2) is 8.61. The lowest BCUT2D eigenvalue weighted by atomic mass is 10.1. The van der Waals surface area contributed by atoms with Crippen LogP contribution >= 0.6 is 0 Å². The molecule has 0 bridgehead atoms. The van der Waals surface area contributed by atoms with Crippen molar-refractivity contribution in [3.63, 3.8) is 0 Å². The Balaban J connectivity index is 1.37. The van der Waals surface area contributed by atoms with Gasteiger partial charge < -0.3 is 14.5 Å². The van der Waals surface area contributed by atoms with Gasteiger partial charge in [-0.3, -0.25) is 4.79 Å². The number of furan rings is 1. The van der Waals surface area contributed by atoms with Gasteiger partial charge in [-0.25, -0.2) is 8.78 Å². The molecule has 0 radical (unpaired) electrons. The zero-order chi connectivity index (χ0) is 20.9. The number of nitrogens with one attached hydrogen (secondary N) is 1. The van der Waals surface area contributed by atoms with Crippen LogP contribution in [0, 0.1) is 11.6 Å². The van der Waals surface area contributed by atoms with Crippen LogP contribution in [0.25, 0.3) is 11.1 Å². The van der Waals surface area contributed by atoms with E-state index in [4.69, 9.17) is 9.15 Å². The predicted octanol–water partition coefficient (Wildman–Crippen LogP) is 6.06. The average molecular weight is 405 g/mol. The van der Waals surface area contributed by atoms with Crippen LogP contribution in [0.1, 0.15) is 16.3 Å². The minimum atomic E-state index is -0.807. The lowest BCUT2D eigenvalue weighted by Crippen LogP contribution is -2.10. The summed E-state index contributed by atoms with van der Waals surface area (Å²) in [4.78, 5) is 12.4. The highest BCUT2D eigenvalue weighted by atomic mass is 19.1. The molecule has 1 amide bonds. The minimum Gasteiger partial charge on any atom is -0.483 e. The largest absolute Gasteiger partial charge is 0.483 e. The average Bonchev–Trinajstić information content (AvgIpc) is 3.24. The first-order valence-corrected chi connectivity index (χ1v) is 9.22. The fraction of sp³-hybridized carbons (Fsp3) is 0.0417. The molecule has 0 aliphatic rings. The second-order valence-corrected chi connectivity index (χ2v) is 6.53. The van der Waals surface area contributed by atoms with E-state index in [1.165, 1.54) is 12.1 Å². The molecule has 3 aromatic carbocycles. The van der Waals surface area contributed by atoms with Gasteiger partial charge in [0.25, 0.3) is 5.91 Å². The van der Waals surface area contributed by atoms with Crippen LogP contribution in [0.15, 0.2) is 89.3 Å². The molecule has 0 saturated carbocycles. The number of carbonyl (C=O) groups is 1. The van der Waals surface area contributed by atoms with Crippen molar-refractivity contribution in [1.29, 1.82) is 0 Å². The van der Waals surface area contributed by atoms with Crippen molar-refractivity contribution in [2.24, 2.45) is 0 Å². The van der Waals surface area contributed by atoms with E-state index in [1.54, 1.807) is 6.07 Å². The van der Waals surface area contributed by atoms with E-state index in [0.717, 1.165) is 23.3 Å². The first-order chi connectivity index (χ1) is 14.6. The molecule has 0 fully saturated rings. The first-order valence-electron chi connectivity index (χ1n) is 9.22. The molecule has 4 nitrogen and oxygen atoms in total. The summed E-state index contributed by atoms with van der Waals surface area (Å²) in [5.74, 6) is -1.57. The van der Waals surface area contributed by atoms with E-state index < -0.39 is 17.5 Å². The predicted molar refractivity (Wildman–Crippen MR) is 109 cm³/mol. The maximum atomic E-state index is 13.6. The molecule has 30 heavy (non-hydrogen) atoms. The van der Waals surface area contributed by atoms with E-state index in [-0.39, 0.29) is 18.1 Å². The van der Waals surface area contributed by atoms with Crippen LogP contribution in [-0.4, -0.2) is 5.91 Å². The fourth-order valence-electron chi connectivity index (χ4n) is 2.89. The van der Waals surface area contributed by atoms with Gasteiger partial charge in [0.1, 0.15) is 18.2 Å². The molecule has 0 saturated heterocycles. The zero-order valence-electron chi connectivity index (χ0n) is 15.8. The molecule has 6 heteroatoms. The topological polar surface area (TPSA) is 51.5 Å². The monoisotopic (exact) mass is 405 g/mol. The normalized spacial score (nSPS) is 10.6. The Bertz CT molecular complexity index is 1150. The highest BCUT2D eigenvalue weighted by molar-refractivity contribution is 6.02. The number of hydrogen-bond acceptors (Lipinski definition) is 3. The summed E-state index contributed by atoms with van der Waals surface area (Å²) >= 11 is 0. The van der Waals surface area contributed by atoms with Crippen molar-refractivity contribution >= 4 is 11.6 Å². The van der Waals surface area contributed by atoms with Gasteiger partial charge in [0.2, 0.25) is 0 Å². The van der Waals surface area contributed by atoms with E-state index >= 15 is 0 Å². The van der Waals surface area contributed by atoms with Gasteiger partial charge in [-0.1, -0.05) is 42.5 Å². The molecule has 0 unspecified atom stereocenters. The molecule has 0 aliphatic heterocycles. The smallest absolute Gasteiger partial charge is 0.291 e. The molecule has 0 spiro atoms. The maximum Gasteiger partial charge on any atom is 0.291 e. The Morgan fingerprint density at radius 3 is 2.33 bits per heavy atom. The number of rotatable bonds is 6. The van der Waals surface area contributed by atoms with E-state index in [2.05, 4.69) is 5.32 Å². The summed E-state index contributed by atoms with van der Waals surface area (Å²) in [6, 6.07) is 23.5. The second-order valence-electron chi connectivity index (χ2n) is 6.53. The van der Waals surface area contributed by atoms with Crippen molar-refractivity contribution in [3.8, 4) is 16.9 Å². The van der Waals surface area contributed by atoms with Gasteiger partial charge in [0.05, 0.1) is 0 Å².